The van der Waals surface area contributed by atoms with Gasteiger partial charge in [0.1, 0.15) is 5.92 Å². The van der Waals surface area contributed by atoms with Crippen LogP contribution >= 0.6 is 15.9 Å². The fourth-order valence-corrected chi connectivity index (χ4v) is 4.50. The van der Waals surface area contributed by atoms with Crippen LogP contribution in [0.5, 0.6) is 0 Å². The first kappa shape index (κ1) is 16.4. The van der Waals surface area contributed by atoms with Gasteiger partial charge in [0.05, 0.1) is 23.9 Å². The van der Waals surface area contributed by atoms with Crippen LogP contribution in [-0.4, -0.2) is 5.71 Å². The number of hydrogen-bond acceptors (Lipinski definition) is 4. The minimum Gasteiger partial charge on any atom is -0.305 e. The third kappa shape index (κ3) is 2.27. The number of allylic oxidation sites excluding steroid dienone is 2. The van der Waals surface area contributed by atoms with E-state index in [0.717, 1.165) is 34.9 Å². The molecule has 3 atom stereocenters. The second-order valence-corrected chi connectivity index (χ2v) is 7.20. The summed E-state index contributed by atoms with van der Waals surface area (Å²) in [5.41, 5.74) is 0.108. The summed E-state index contributed by atoms with van der Waals surface area (Å²) in [6.07, 6.45) is 4.73. The van der Waals surface area contributed by atoms with Gasteiger partial charge in [-0.15, -0.1) is 0 Å². The normalized spacial score (nSPS) is 27.8. The number of nitriles is 3. The predicted octanol–water partition coefficient (Wildman–Crippen LogP) is 4.47. The molecule has 0 spiro atoms. The Labute approximate surface area is 149 Å². The van der Waals surface area contributed by atoms with E-state index in [1.165, 1.54) is 0 Å². The van der Waals surface area contributed by atoms with Gasteiger partial charge in [-0.25, -0.2) is 0 Å². The van der Waals surface area contributed by atoms with Gasteiger partial charge in [0.25, 0.3) is 0 Å². The van der Waals surface area contributed by atoms with Crippen molar-refractivity contribution in [2.24, 2.45) is 17.3 Å². The van der Waals surface area contributed by atoms with E-state index in [-0.39, 0.29) is 11.6 Å². The fourth-order valence-electron chi connectivity index (χ4n) is 4.09. The highest BCUT2D eigenvalue weighted by Gasteiger charge is 2.57. The molecule has 0 amide bonds. The molecule has 2 aliphatic rings. The van der Waals surface area contributed by atoms with E-state index in [1.54, 1.807) is 0 Å². The van der Waals surface area contributed by atoms with Crippen LogP contribution in [0.4, 0.5) is 0 Å². The smallest absolute Gasteiger partial charge is 0.189 e. The second kappa shape index (κ2) is 6.23. The molecule has 5 heteroatoms. The van der Waals surface area contributed by atoms with Gasteiger partial charge in [-0.1, -0.05) is 34.1 Å². The molecule has 1 aromatic rings. The van der Waals surface area contributed by atoms with E-state index in [1.807, 2.05) is 30.3 Å². The zero-order valence-electron chi connectivity index (χ0n) is 13.0. The van der Waals surface area contributed by atoms with E-state index in [9.17, 15) is 15.8 Å². The Hall–Kier alpha value is -2.42. The molecular weight excluding hydrogens is 364 g/mol. The van der Waals surface area contributed by atoms with Crippen LogP contribution in [-0.2, 0) is 0 Å². The fraction of sp³-hybridized carbons (Fsp3) is 0.368. The molecule has 1 fully saturated rings. The summed E-state index contributed by atoms with van der Waals surface area (Å²) in [4.78, 5) is 0. The van der Waals surface area contributed by atoms with Crippen molar-refractivity contribution in [2.75, 3.05) is 0 Å². The van der Waals surface area contributed by atoms with Crippen molar-refractivity contribution in [3.05, 3.63) is 46.0 Å². The van der Waals surface area contributed by atoms with Crippen LogP contribution < -0.4 is 0 Å². The molecule has 4 nitrogen and oxygen atoms in total. The maximum absolute atomic E-state index is 9.86. The molecule has 0 unspecified atom stereocenters. The molecule has 0 saturated heterocycles. The number of benzene rings is 1. The van der Waals surface area contributed by atoms with Crippen molar-refractivity contribution in [1.82, 2.24) is 0 Å². The summed E-state index contributed by atoms with van der Waals surface area (Å²) >= 11 is 3.45. The third-order valence-electron chi connectivity index (χ3n) is 5.13. The van der Waals surface area contributed by atoms with Crippen LogP contribution in [0.15, 0.2) is 40.4 Å². The Morgan fingerprint density at radius 1 is 1.21 bits per heavy atom. The number of fused-ring (bicyclic) bond motifs is 1. The van der Waals surface area contributed by atoms with E-state index >= 15 is 0 Å². The predicted molar refractivity (Wildman–Crippen MR) is 92.8 cm³/mol. The van der Waals surface area contributed by atoms with E-state index in [4.69, 9.17) is 5.41 Å². The molecule has 0 aromatic heterocycles. The van der Waals surface area contributed by atoms with Crippen LogP contribution in [0.25, 0.3) is 0 Å². The minimum atomic E-state index is -1.60. The Bertz CT molecular complexity index is 835. The SMILES string of the molecule is N#C[C@@H]1C(=N)C(C#N)(C#N)[C@H](c2cccc(Br)c2)[C@@H]2CCCC=C12. The van der Waals surface area contributed by atoms with Crippen molar-refractivity contribution in [2.45, 2.75) is 25.2 Å². The molecule has 24 heavy (non-hydrogen) atoms. The molecule has 0 radical (unpaired) electrons. The number of rotatable bonds is 1. The standard InChI is InChI=1S/C19H15BrN4/c20-13-5-3-4-12(8-13)17-15-7-2-1-6-14(15)16(9-21)18(24)19(17,10-22)11-23/h3-6,8,15-17,24H,1-2,7H2/t15-,16+,17-/m1/s1. The Kier molecular flexibility index (Phi) is 4.27. The minimum absolute atomic E-state index is 0.0499. The van der Waals surface area contributed by atoms with E-state index in [0.29, 0.717) is 0 Å². The summed E-state index contributed by atoms with van der Waals surface area (Å²) in [5.74, 6) is -1.24. The highest BCUT2D eigenvalue weighted by Crippen LogP contribution is 2.55. The first-order valence-corrected chi connectivity index (χ1v) is 8.64. The summed E-state index contributed by atoms with van der Waals surface area (Å²) in [7, 11) is 0. The molecule has 3 rings (SSSR count). The van der Waals surface area contributed by atoms with Crippen LogP contribution in [0.3, 0.4) is 0 Å². The third-order valence-corrected chi connectivity index (χ3v) is 5.63. The Balaban J connectivity index is 2.27. The average molecular weight is 379 g/mol. The molecule has 1 aromatic carbocycles. The number of nitrogens with one attached hydrogen (secondary N) is 1. The Morgan fingerprint density at radius 2 is 1.96 bits per heavy atom. The highest BCUT2D eigenvalue weighted by atomic mass is 79.9. The van der Waals surface area contributed by atoms with Crippen molar-refractivity contribution in [1.29, 1.82) is 21.2 Å². The van der Waals surface area contributed by atoms with Crippen LogP contribution in [0.1, 0.15) is 30.7 Å². The van der Waals surface area contributed by atoms with Crippen LogP contribution in [0.2, 0.25) is 0 Å². The monoisotopic (exact) mass is 378 g/mol. The van der Waals surface area contributed by atoms with Gasteiger partial charge in [-0.2, -0.15) is 15.8 Å². The van der Waals surface area contributed by atoms with Gasteiger partial charge in [-0.3, -0.25) is 0 Å². The lowest BCUT2D eigenvalue weighted by Gasteiger charge is -2.45. The molecular formula is C19H15BrN4. The molecule has 0 bridgehead atoms. The molecule has 0 heterocycles. The summed E-state index contributed by atoms with van der Waals surface area (Å²) < 4.78 is 0.875. The van der Waals surface area contributed by atoms with Gasteiger partial charge >= 0.3 is 0 Å². The number of nitrogens with zero attached hydrogens (tertiary/aromatic N) is 3. The zero-order chi connectivity index (χ0) is 17.3. The van der Waals surface area contributed by atoms with Crippen molar-refractivity contribution in [3.63, 3.8) is 0 Å². The highest BCUT2D eigenvalue weighted by molar-refractivity contribution is 9.10. The summed E-state index contributed by atoms with van der Waals surface area (Å²) in [6, 6.07) is 14.0. The van der Waals surface area contributed by atoms with Crippen molar-refractivity contribution in [3.8, 4) is 18.2 Å². The molecule has 1 N–H and O–H groups in total. The van der Waals surface area contributed by atoms with Gasteiger partial charge in [0.2, 0.25) is 0 Å². The first-order valence-electron chi connectivity index (χ1n) is 7.85. The van der Waals surface area contributed by atoms with E-state index in [2.05, 4.69) is 34.1 Å². The van der Waals surface area contributed by atoms with Gasteiger partial charge in [0, 0.05) is 10.4 Å². The molecule has 0 aliphatic heterocycles. The molecule has 118 valence electrons. The zero-order valence-corrected chi connectivity index (χ0v) is 14.5. The largest absolute Gasteiger partial charge is 0.305 e. The topological polar surface area (TPSA) is 95.2 Å². The van der Waals surface area contributed by atoms with Gasteiger partial charge in [-0.05, 0) is 48.4 Å². The van der Waals surface area contributed by atoms with Gasteiger partial charge < -0.3 is 5.41 Å². The maximum Gasteiger partial charge on any atom is 0.189 e. The van der Waals surface area contributed by atoms with Gasteiger partial charge in [0.15, 0.2) is 5.41 Å². The second-order valence-electron chi connectivity index (χ2n) is 6.28. The molecule has 2 aliphatic carbocycles. The lowest BCUT2D eigenvalue weighted by molar-refractivity contribution is 0.320. The van der Waals surface area contributed by atoms with E-state index < -0.39 is 17.3 Å². The lowest BCUT2D eigenvalue weighted by Crippen LogP contribution is -2.48. The maximum atomic E-state index is 9.86. The average Bonchev–Trinajstić information content (AvgIpc) is 2.61. The lowest BCUT2D eigenvalue weighted by atomic mass is 9.53. The van der Waals surface area contributed by atoms with Crippen LogP contribution in [0, 0.1) is 56.7 Å². The molecule has 1 saturated carbocycles. The Morgan fingerprint density at radius 3 is 2.58 bits per heavy atom. The van der Waals surface area contributed by atoms with Crippen molar-refractivity contribution < 1.29 is 0 Å². The first-order chi connectivity index (χ1) is 11.6. The van der Waals surface area contributed by atoms with Crippen molar-refractivity contribution >= 4 is 21.6 Å². The summed E-state index contributed by atoms with van der Waals surface area (Å²) in [5, 5.41) is 37.8. The quantitative estimate of drug-likeness (QED) is 0.730. The number of halogens is 1. The number of hydrogen-bond donors (Lipinski definition) is 1. The summed E-state index contributed by atoms with van der Waals surface area (Å²) in [6.45, 7) is 0.